The number of nitrogens with one attached hydrogen (secondary N) is 1. The lowest BCUT2D eigenvalue weighted by molar-refractivity contribution is 0.102. The lowest BCUT2D eigenvalue weighted by Gasteiger charge is -2.19. The van der Waals surface area contributed by atoms with Crippen LogP contribution in [0.4, 0.5) is 5.95 Å². The maximum atomic E-state index is 13.8. The number of fused-ring (bicyclic) bond motifs is 2. The summed E-state index contributed by atoms with van der Waals surface area (Å²) in [6.07, 6.45) is 1.99. The van der Waals surface area contributed by atoms with E-state index in [4.69, 9.17) is 9.97 Å². The fourth-order valence-electron chi connectivity index (χ4n) is 4.78. The Morgan fingerprint density at radius 3 is 2.43 bits per heavy atom. The van der Waals surface area contributed by atoms with Crippen LogP contribution >= 0.6 is 0 Å². The molecule has 37 heavy (non-hydrogen) atoms. The first-order valence-corrected chi connectivity index (χ1v) is 13.0. The van der Waals surface area contributed by atoms with Crippen LogP contribution in [0.25, 0.3) is 33.2 Å². The smallest absolute Gasteiger partial charge is 0.258 e. The zero-order chi connectivity index (χ0) is 25.9. The van der Waals surface area contributed by atoms with E-state index in [-0.39, 0.29) is 5.91 Å². The van der Waals surface area contributed by atoms with Crippen LogP contribution in [-0.4, -0.2) is 54.8 Å². The third-order valence-corrected chi connectivity index (χ3v) is 6.92. The Balaban J connectivity index is 1.55. The van der Waals surface area contributed by atoms with Crippen LogP contribution in [0.2, 0.25) is 0 Å². The van der Waals surface area contributed by atoms with Crippen LogP contribution in [-0.2, 0) is 13.1 Å². The largest absolute Gasteiger partial charge is 0.309 e. The first kappa shape index (κ1) is 24.6. The predicted octanol–water partition coefficient (Wildman–Crippen LogP) is 5.37. The van der Waals surface area contributed by atoms with Crippen molar-refractivity contribution in [3.63, 3.8) is 0 Å². The molecule has 0 atom stereocenters. The molecule has 8 nitrogen and oxygen atoms in total. The first-order valence-electron chi connectivity index (χ1n) is 13.0. The zero-order valence-electron chi connectivity index (χ0n) is 21.9. The first-order chi connectivity index (χ1) is 18.0. The highest BCUT2D eigenvalue weighted by molar-refractivity contribution is 6.13. The molecular formula is C29H33N7O. The van der Waals surface area contributed by atoms with Crippen LogP contribution in [0.15, 0.2) is 60.8 Å². The normalized spacial score (nSPS) is 11.6. The van der Waals surface area contributed by atoms with Crippen LogP contribution < -0.4 is 5.32 Å². The van der Waals surface area contributed by atoms with E-state index in [1.165, 1.54) is 0 Å². The summed E-state index contributed by atoms with van der Waals surface area (Å²) in [6.45, 7) is 12.7. The molecule has 0 saturated carbocycles. The Kier molecular flexibility index (Phi) is 7.01. The quantitative estimate of drug-likeness (QED) is 0.297. The molecule has 0 aliphatic rings. The van der Waals surface area contributed by atoms with Gasteiger partial charge in [0.15, 0.2) is 0 Å². The average Bonchev–Trinajstić information content (AvgIpc) is 3.48. The number of hydrogen-bond acceptors (Lipinski definition) is 5. The summed E-state index contributed by atoms with van der Waals surface area (Å²) in [6, 6.07) is 17.6. The van der Waals surface area contributed by atoms with Crippen LogP contribution in [0.1, 0.15) is 36.8 Å². The molecule has 190 valence electrons. The van der Waals surface area contributed by atoms with Crippen molar-refractivity contribution in [2.24, 2.45) is 0 Å². The van der Waals surface area contributed by atoms with Gasteiger partial charge in [-0.05, 0) is 51.2 Å². The lowest BCUT2D eigenvalue weighted by Crippen LogP contribution is -2.27. The van der Waals surface area contributed by atoms with E-state index in [1.54, 1.807) is 0 Å². The van der Waals surface area contributed by atoms with Gasteiger partial charge in [0.05, 0.1) is 33.5 Å². The van der Waals surface area contributed by atoms with Gasteiger partial charge in [0.1, 0.15) is 0 Å². The number of carbonyl (C=O) groups is 1. The average molecular weight is 496 g/mol. The Hall–Kier alpha value is -4.04. The van der Waals surface area contributed by atoms with Crippen LogP contribution in [0.5, 0.6) is 0 Å². The molecule has 1 amide bonds. The van der Waals surface area contributed by atoms with E-state index in [2.05, 4.69) is 40.7 Å². The Bertz CT molecular complexity index is 1560. The molecule has 0 saturated heterocycles. The van der Waals surface area contributed by atoms with E-state index in [0.29, 0.717) is 11.5 Å². The van der Waals surface area contributed by atoms with Gasteiger partial charge in [0.25, 0.3) is 5.91 Å². The summed E-state index contributed by atoms with van der Waals surface area (Å²) in [5, 5.41) is 8.50. The fraction of sp³-hybridized carbons (Fsp3) is 0.310. The molecule has 5 aromatic rings. The van der Waals surface area contributed by atoms with Gasteiger partial charge < -0.3 is 9.47 Å². The SMILES string of the molecule is CCN(CC)CCn1c(NC(=O)c2cc(-c3cn(CC)nc3C)nc3ccccc23)nc2ccccc21. The minimum atomic E-state index is -0.209. The number of hydrogen-bond donors (Lipinski definition) is 1. The highest BCUT2D eigenvalue weighted by Gasteiger charge is 2.19. The van der Waals surface area contributed by atoms with E-state index in [9.17, 15) is 4.79 Å². The number of benzene rings is 2. The van der Waals surface area contributed by atoms with Gasteiger partial charge in [-0.15, -0.1) is 0 Å². The maximum absolute atomic E-state index is 13.8. The van der Waals surface area contributed by atoms with Crippen molar-refractivity contribution in [1.82, 2.24) is 29.2 Å². The summed E-state index contributed by atoms with van der Waals surface area (Å²) >= 11 is 0. The molecule has 0 aliphatic carbocycles. The third-order valence-electron chi connectivity index (χ3n) is 6.92. The number of para-hydroxylation sites is 3. The van der Waals surface area contributed by atoms with Gasteiger partial charge in [-0.1, -0.05) is 44.2 Å². The fourth-order valence-corrected chi connectivity index (χ4v) is 4.78. The molecule has 2 aromatic carbocycles. The number of anilines is 1. The molecule has 3 heterocycles. The third kappa shape index (κ3) is 4.84. The second-order valence-corrected chi connectivity index (χ2v) is 9.11. The second kappa shape index (κ2) is 10.5. The highest BCUT2D eigenvalue weighted by atomic mass is 16.1. The minimum Gasteiger partial charge on any atom is -0.309 e. The summed E-state index contributed by atoms with van der Waals surface area (Å²) < 4.78 is 3.99. The van der Waals surface area contributed by atoms with Gasteiger partial charge >= 0.3 is 0 Å². The molecule has 0 radical (unpaired) electrons. The maximum Gasteiger partial charge on any atom is 0.258 e. The van der Waals surface area contributed by atoms with Crippen molar-refractivity contribution in [3.05, 3.63) is 72.1 Å². The summed E-state index contributed by atoms with van der Waals surface area (Å²) in [7, 11) is 0. The minimum absolute atomic E-state index is 0.209. The molecule has 0 spiro atoms. The number of amides is 1. The molecular weight excluding hydrogens is 462 g/mol. The van der Waals surface area contributed by atoms with Gasteiger partial charge in [0, 0.05) is 36.8 Å². The summed E-state index contributed by atoms with van der Waals surface area (Å²) in [5.74, 6) is 0.343. The summed E-state index contributed by atoms with van der Waals surface area (Å²) in [5.41, 5.74) is 5.74. The zero-order valence-corrected chi connectivity index (χ0v) is 21.9. The van der Waals surface area contributed by atoms with Crippen molar-refractivity contribution in [2.75, 3.05) is 25.0 Å². The Morgan fingerprint density at radius 2 is 1.70 bits per heavy atom. The Labute approximate surface area is 216 Å². The monoisotopic (exact) mass is 495 g/mol. The second-order valence-electron chi connectivity index (χ2n) is 9.11. The number of likely N-dealkylation sites (N-methyl/N-ethyl adjacent to an activating group) is 1. The number of aromatic nitrogens is 5. The van der Waals surface area contributed by atoms with Gasteiger partial charge in [0.2, 0.25) is 5.95 Å². The number of pyridine rings is 1. The molecule has 5 rings (SSSR count). The number of aryl methyl sites for hydroxylation is 2. The van der Waals surface area contributed by atoms with Gasteiger partial charge in [-0.3, -0.25) is 14.8 Å². The van der Waals surface area contributed by atoms with E-state index >= 15 is 0 Å². The standard InChI is InChI=1S/C29H33N7O/c1-5-34(6-2)16-17-36-27-15-11-10-14-25(27)31-29(36)32-28(37)22-18-26(23-19-35(7-3)33-20(23)4)30-24-13-9-8-12-21(22)24/h8-15,18-19H,5-7,16-17H2,1-4H3,(H,31,32,37). The number of imidazole rings is 1. The summed E-state index contributed by atoms with van der Waals surface area (Å²) in [4.78, 5) is 25.8. The molecule has 0 unspecified atom stereocenters. The van der Waals surface area contributed by atoms with Crippen LogP contribution in [0, 0.1) is 6.92 Å². The van der Waals surface area contributed by atoms with Crippen LogP contribution in [0.3, 0.4) is 0 Å². The highest BCUT2D eigenvalue weighted by Crippen LogP contribution is 2.28. The van der Waals surface area contributed by atoms with E-state index < -0.39 is 0 Å². The van der Waals surface area contributed by atoms with E-state index in [1.807, 2.05) is 72.4 Å². The molecule has 1 N–H and O–H groups in total. The predicted molar refractivity (Wildman–Crippen MR) is 149 cm³/mol. The number of nitrogens with zero attached hydrogens (tertiary/aromatic N) is 6. The van der Waals surface area contributed by atoms with Gasteiger partial charge in [-0.2, -0.15) is 5.10 Å². The van der Waals surface area contributed by atoms with Crippen molar-refractivity contribution in [3.8, 4) is 11.3 Å². The molecule has 8 heteroatoms. The molecule has 0 aliphatic heterocycles. The Morgan fingerprint density at radius 1 is 0.973 bits per heavy atom. The van der Waals surface area contributed by atoms with Crippen molar-refractivity contribution < 1.29 is 4.79 Å². The molecule has 3 aromatic heterocycles. The topological polar surface area (TPSA) is 80.9 Å². The van der Waals surface area contributed by atoms with Crippen molar-refractivity contribution >= 4 is 33.8 Å². The number of rotatable bonds is 9. The lowest BCUT2D eigenvalue weighted by atomic mass is 10.0. The molecule has 0 fully saturated rings. The number of carbonyl (C=O) groups excluding carboxylic acids is 1. The van der Waals surface area contributed by atoms with Crippen molar-refractivity contribution in [2.45, 2.75) is 40.8 Å². The van der Waals surface area contributed by atoms with E-state index in [0.717, 1.165) is 71.6 Å². The van der Waals surface area contributed by atoms with Gasteiger partial charge in [-0.25, -0.2) is 9.97 Å². The molecule has 0 bridgehead atoms. The van der Waals surface area contributed by atoms with Crippen molar-refractivity contribution in [1.29, 1.82) is 0 Å².